The lowest BCUT2D eigenvalue weighted by atomic mass is 10.2. The zero-order chi connectivity index (χ0) is 32.9. The minimum atomic E-state index is -1.44. The normalized spacial score (nSPS) is 13.8. The molecule has 0 spiro atoms. The molecule has 240 valence electrons. The number of carboxylic acid groups (broad SMARTS) is 2. The Balaban J connectivity index is -0.00000105. The molecule has 0 amide bonds. The van der Waals surface area contributed by atoms with E-state index >= 15 is 0 Å². The summed E-state index contributed by atoms with van der Waals surface area (Å²) in [5.74, 6) is -1.88. The first-order valence-electron chi connectivity index (χ1n) is 12.7. The second-order valence-corrected chi connectivity index (χ2v) is 8.04. The van der Waals surface area contributed by atoms with Gasteiger partial charge in [0.05, 0.1) is 56.9 Å². The molecule has 2 atom stereocenters. The lowest BCUT2D eigenvalue weighted by molar-refractivity contribution is -0.463. The molecule has 42 heavy (non-hydrogen) atoms. The molecule has 20 heteroatoms. The lowest BCUT2D eigenvalue weighted by Crippen LogP contribution is -2.79. The average molecular weight is 603 g/mol. The monoisotopic (exact) mass is 602 g/mol. The summed E-state index contributed by atoms with van der Waals surface area (Å²) in [4.78, 5) is 36.5. The maximum absolute atomic E-state index is 9.34. The van der Waals surface area contributed by atoms with Crippen molar-refractivity contribution in [2.75, 3.05) is 39.3 Å². The van der Waals surface area contributed by atoms with E-state index in [1.54, 1.807) is 6.07 Å². The quantitative estimate of drug-likeness (QED) is 0.0498. The Hall–Kier alpha value is -4.74. The molecule has 0 saturated carbocycles. The number of aliphatic hydroxyl groups is 2. The predicted octanol–water partition coefficient (Wildman–Crippen LogP) is -10.8. The summed E-state index contributed by atoms with van der Waals surface area (Å²) in [5, 5.41) is 48.6. The van der Waals surface area contributed by atoms with Gasteiger partial charge in [-0.05, 0) is 26.7 Å². The Morgan fingerprint density at radius 3 is 1.48 bits per heavy atom. The molecule has 0 aromatic heterocycles. The molecule has 0 aliphatic carbocycles. The van der Waals surface area contributed by atoms with Gasteiger partial charge >= 0.3 is 11.9 Å². The first kappa shape index (κ1) is 41.7. The van der Waals surface area contributed by atoms with Gasteiger partial charge in [-0.1, -0.05) is 12.8 Å². The van der Waals surface area contributed by atoms with E-state index in [0.717, 1.165) is 46.1 Å². The van der Waals surface area contributed by atoms with Crippen LogP contribution in [-0.2, 0) is 9.59 Å². The second kappa shape index (κ2) is 27.8. The summed E-state index contributed by atoms with van der Waals surface area (Å²) in [6.07, 6.45) is 1.27. The van der Waals surface area contributed by atoms with Crippen molar-refractivity contribution in [2.24, 2.45) is 49.4 Å². The zero-order valence-corrected chi connectivity index (χ0v) is 24.0. The smallest absolute Gasteiger partial charge is 0.348 e. The number of nitriles is 1. The highest BCUT2D eigenvalue weighted by atomic mass is 16.4. The number of rotatable bonds is 14. The highest BCUT2D eigenvalue weighted by Crippen LogP contribution is 1.94. The van der Waals surface area contributed by atoms with Crippen LogP contribution in [0, 0.1) is 11.3 Å². The van der Waals surface area contributed by atoms with Crippen LogP contribution in [-0.4, -0.2) is 103 Å². The first-order valence-corrected chi connectivity index (χ1v) is 12.7. The number of hydrogen-bond acceptors (Lipinski definition) is 11. The van der Waals surface area contributed by atoms with Crippen LogP contribution in [0.2, 0.25) is 0 Å². The number of nitrogens with zero attached hydrogens (tertiary/aromatic N) is 4. The van der Waals surface area contributed by atoms with Crippen molar-refractivity contribution in [3.05, 3.63) is 0 Å². The third-order valence-electron chi connectivity index (χ3n) is 4.13. The minimum Gasteiger partial charge on any atom is -0.547 e. The van der Waals surface area contributed by atoms with E-state index < -0.39 is 24.1 Å². The van der Waals surface area contributed by atoms with Crippen LogP contribution in [0.1, 0.15) is 39.5 Å². The molecule has 0 radical (unpaired) electrons. The van der Waals surface area contributed by atoms with E-state index in [0.29, 0.717) is 38.1 Å². The van der Waals surface area contributed by atoms with Crippen LogP contribution >= 0.6 is 0 Å². The molecule has 0 saturated heterocycles. The number of guanidine groups is 4. The van der Waals surface area contributed by atoms with Crippen molar-refractivity contribution in [1.82, 2.24) is 10.6 Å². The van der Waals surface area contributed by atoms with Crippen molar-refractivity contribution < 1.29 is 40.0 Å². The van der Waals surface area contributed by atoms with Gasteiger partial charge < -0.3 is 52.9 Å². The highest BCUT2D eigenvalue weighted by molar-refractivity contribution is 5.95. The topological polar surface area (TPSA) is 390 Å². The molecule has 0 rings (SSSR count). The fraction of sp³-hybridized carbons (Fsp3) is 0.636. The van der Waals surface area contributed by atoms with E-state index in [-0.39, 0.29) is 24.3 Å². The van der Waals surface area contributed by atoms with Crippen molar-refractivity contribution >= 4 is 41.6 Å². The average Bonchev–Trinajstić information content (AvgIpc) is 2.91. The SMILES string of the molecule is CC(O)C(=O)[O-].CC(O)C(=O)[O-].N#CC(N)=NCCN=C(N)NC(N)=[NH+]CCCCCC[NH+]=C(N)NC(N)=NCCN. The van der Waals surface area contributed by atoms with Gasteiger partial charge in [0, 0.05) is 6.54 Å². The maximum atomic E-state index is 9.34. The van der Waals surface area contributed by atoms with E-state index in [4.69, 9.17) is 49.9 Å². The molecule has 0 aromatic rings. The summed E-state index contributed by atoms with van der Waals surface area (Å²) in [6.45, 7) is 5.15. The van der Waals surface area contributed by atoms with Gasteiger partial charge in [-0.15, -0.1) is 0 Å². The summed E-state index contributed by atoms with van der Waals surface area (Å²) in [5.41, 5.74) is 33.5. The summed E-state index contributed by atoms with van der Waals surface area (Å²) in [7, 11) is 0. The predicted molar refractivity (Wildman–Crippen MR) is 152 cm³/mol. The van der Waals surface area contributed by atoms with E-state index in [2.05, 4.69) is 35.6 Å². The number of amidine groups is 1. The minimum absolute atomic E-state index is 0.0870. The summed E-state index contributed by atoms with van der Waals surface area (Å²) < 4.78 is 0. The van der Waals surface area contributed by atoms with Gasteiger partial charge in [0.25, 0.3) is 11.9 Å². The van der Waals surface area contributed by atoms with Crippen LogP contribution in [0.4, 0.5) is 0 Å². The Bertz CT molecular complexity index is 940. The van der Waals surface area contributed by atoms with Gasteiger partial charge in [0.2, 0.25) is 0 Å². The van der Waals surface area contributed by atoms with Crippen LogP contribution in [0.25, 0.3) is 0 Å². The van der Waals surface area contributed by atoms with Gasteiger partial charge in [-0.25, -0.2) is 20.6 Å². The first-order chi connectivity index (χ1) is 19.7. The van der Waals surface area contributed by atoms with Crippen molar-refractivity contribution in [3.8, 4) is 6.07 Å². The number of aliphatic imine (C=N–C) groups is 3. The molecular weight excluding hydrogens is 556 g/mol. The van der Waals surface area contributed by atoms with Crippen LogP contribution in [0.15, 0.2) is 15.0 Å². The Morgan fingerprint density at radius 1 is 0.786 bits per heavy atom. The molecule has 0 fully saturated rings. The fourth-order valence-electron chi connectivity index (χ4n) is 2.05. The number of carbonyl (C=O) groups is 2. The van der Waals surface area contributed by atoms with Crippen molar-refractivity contribution in [2.45, 2.75) is 51.7 Å². The van der Waals surface area contributed by atoms with E-state index in [9.17, 15) is 19.8 Å². The third-order valence-corrected chi connectivity index (χ3v) is 4.13. The number of nitrogens with one attached hydrogen (secondary N) is 4. The van der Waals surface area contributed by atoms with Crippen LogP contribution < -0.4 is 65.2 Å². The van der Waals surface area contributed by atoms with Crippen molar-refractivity contribution in [1.29, 1.82) is 5.26 Å². The molecule has 0 aromatic carbocycles. The second-order valence-electron chi connectivity index (χ2n) is 8.04. The van der Waals surface area contributed by atoms with Crippen molar-refractivity contribution in [3.63, 3.8) is 0 Å². The number of aliphatic hydroxyl groups excluding tert-OH is 2. The van der Waals surface area contributed by atoms with E-state index in [1.165, 1.54) is 0 Å². The van der Waals surface area contributed by atoms with E-state index in [1.807, 2.05) is 0 Å². The lowest BCUT2D eigenvalue weighted by Gasteiger charge is -2.00. The number of unbranched alkanes of at least 4 members (excludes halogenated alkanes) is 3. The van der Waals surface area contributed by atoms with Gasteiger partial charge in [-0.2, -0.15) is 5.26 Å². The Kier molecular flexibility index (Phi) is 27.6. The van der Waals surface area contributed by atoms with Gasteiger partial charge in [-0.3, -0.25) is 26.4 Å². The highest BCUT2D eigenvalue weighted by Gasteiger charge is 2.03. The van der Waals surface area contributed by atoms with Crippen LogP contribution in [0.3, 0.4) is 0 Å². The number of nitrogens with two attached hydrogens (primary N) is 6. The number of aliphatic carboxylic acids is 2. The number of carbonyl (C=O) groups excluding carboxylic acids is 2. The third kappa shape index (κ3) is 33.3. The summed E-state index contributed by atoms with van der Waals surface area (Å²) >= 11 is 0. The molecule has 0 heterocycles. The molecule has 20 nitrogen and oxygen atoms in total. The molecule has 0 aliphatic heterocycles. The molecule has 2 unspecified atom stereocenters. The van der Waals surface area contributed by atoms with Crippen LogP contribution in [0.5, 0.6) is 0 Å². The van der Waals surface area contributed by atoms with Gasteiger partial charge in [0.15, 0.2) is 5.84 Å². The van der Waals surface area contributed by atoms with Gasteiger partial charge in [0.1, 0.15) is 6.07 Å². The standard InChI is InChI=1S/C16H34N14.2C3H6O3/c17-5-8-27-15(22)29-13(20)25-6-3-1-2-4-7-26-14(21)30-16(23)28-10-9-24-12(19)11-18;2*1-2(4)3(5)6/h1-10,17H2,(H2,19,24)(H5,20,22,25,27,29)(H5,21,23,26,28,30);2*2,4H,1H3,(H,5,6). The number of carboxylic acids is 2. The Morgan fingerprint density at radius 2 is 1.14 bits per heavy atom. The maximum Gasteiger partial charge on any atom is 0.348 e. The molecule has 0 aliphatic rings. The summed E-state index contributed by atoms with van der Waals surface area (Å²) in [6, 6.07) is 1.72. The largest absolute Gasteiger partial charge is 0.547 e. The Labute approximate surface area is 244 Å². The molecular formula is C22H46N14O6. The molecule has 0 bridgehead atoms. The fourth-order valence-corrected chi connectivity index (χ4v) is 2.05. The number of hydrogen-bond donors (Lipinski definition) is 12. The zero-order valence-electron chi connectivity index (χ0n) is 24.0. The molecule has 18 N–H and O–H groups in total.